The van der Waals surface area contributed by atoms with Crippen molar-refractivity contribution in [2.24, 2.45) is 0 Å². The molecule has 0 saturated carbocycles. The van der Waals surface area contributed by atoms with Crippen molar-refractivity contribution in [3.8, 4) is 0 Å². The molecule has 0 amide bonds. The van der Waals surface area contributed by atoms with Crippen molar-refractivity contribution in [1.29, 1.82) is 0 Å². The van der Waals surface area contributed by atoms with E-state index in [2.05, 4.69) is 0 Å². The molecule has 7 rings (SSSR count). The third-order valence-corrected chi connectivity index (χ3v) is 11.9. The molecule has 0 aliphatic carbocycles. The van der Waals surface area contributed by atoms with Crippen LogP contribution in [0.5, 0.6) is 0 Å². The van der Waals surface area contributed by atoms with E-state index >= 15 is 0 Å². The van der Waals surface area contributed by atoms with Gasteiger partial charge in [0.15, 0.2) is 25.2 Å². The van der Waals surface area contributed by atoms with Gasteiger partial charge in [-0.2, -0.15) is 0 Å². The third kappa shape index (κ3) is 11.3. The third-order valence-electron chi connectivity index (χ3n) is 11.9. The van der Waals surface area contributed by atoms with Crippen LogP contribution in [-0.4, -0.2) is 182 Å². The highest BCUT2D eigenvalue weighted by Crippen LogP contribution is 2.37. The fraction of sp³-hybridized carbons (Fsp3) is 0.600. The SMILES string of the molecule is CC1O[C@@H](O[C@@H]2C(O)[C@H](OCc3ccccc3)OC(CO)[C@H]2O[C@@H]2O[C@@H](CO)[C@H](O)C(O)C2O[C@@H]2O[C@@H](C)[C@@H](O)C(O)C2OCc2ccccc2)C(OCc2ccccc2)[C@@H](O)[C@@H]1O. The van der Waals surface area contributed by atoms with Crippen LogP contribution in [0.4, 0.5) is 0 Å². The lowest BCUT2D eigenvalue weighted by Crippen LogP contribution is -2.68. The molecule has 19 heteroatoms. The van der Waals surface area contributed by atoms with Gasteiger partial charge in [0.25, 0.3) is 0 Å². The van der Waals surface area contributed by atoms with E-state index in [4.69, 9.17) is 47.4 Å². The van der Waals surface area contributed by atoms with Gasteiger partial charge in [-0.15, -0.1) is 0 Å². The molecule has 4 aliphatic rings. The molecule has 4 heterocycles. The summed E-state index contributed by atoms with van der Waals surface area (Å²) in [6.07, 6.45) is -30.0. The van der Waals surface area contributed by atoms with Crippen LogP contribution in [0.1, 0.15) is 30.5 Å². The van der Waals surface area contributed by atoms with Crippen molar-refractivity contribution in [3.05, 3.63) is 108 Å². The van der Waals surface area contributed by atoms with Crippen molar-refractivity contribution in [2.75, 3.05) is 13.2 Å². The molecule has 354 valence electrons. The van der Waals surface area contributed by atoms with Crippen molar-refractivity contribution >= 4 is 0 Å². The van der Waals surface area contributed by atoms with Crippen LogP contribution in [0.2, 0.25) is 0 Å². The highest BCUT2D eigenvalue weighted by Gasteiger charge is 2.56. The van der Waals surface area contributed by atoms with Gasteiger partial charge in [-0.3, -0.25) is 0 Å². The molecule has 8 unspecified atom stereocenters. The lowest BCUT2D eigenvalue weighted by molar-refractivity contribution is -0.402. The second kappa shape index (κ2) is 22.6. The Labute approximate surface area is 370 Å². The molecule has 0 aromatic heterocycles. The van der Waals surface area contributed by atoms with E-state index in [1.54, 1.807) is 72.8 Å². The van der Waals surface area contributed by atoms with Gasteiger partial charge in [-0.05, 0) is 30.5 Å². The zero-order chi connectivity index (χ0) is 45.5. The second-order valence-electron chi connectivity index (χ2n) is 16.4. The number of aliphatic hydroxyl groups is 9. The molecular formula is C45H60O19. The summed E-state index contributed by atoms with van der Waals surface area (Å²) in [5.41, 5.74) is 2.18. The highest BCUT2D eigenvalue weighted by atomic mass is 16.8. The Morgan fingerprint density at radius 2 is 0.750 bits per heavy atom. The number of hydrogen-bond donors (Lipinski definition) is 9. The molecule has 0 spiro atoms. The average molecular weight is 905 g/mol. The van der Waals surface area contributed by atoms with E-state index in [-0.39, 0.29) is 19.8 Å². The summed E-state index contributed by atoms with van der Waals surface area (Å²) in [6, 6.07) is 27.0. The average Bonchev–Trinajstić information content (AvgIpc) is 3.31. The Morgan fingerprint density at radius 1 is 0.375 bits per heavy atom. The van der Waals surface area contributed by atoms with Crippen LogP contribution in [0, 0.1) is 0 Å². The predicted molar refractivity (Wildman–Crippen MR) is 218 cm³/mol. The van der Waals surface area contributed by atoms with E-state index in [0.29, 0.717) is 0 Å². The number of rotatable bonds is 17. The summed E-state index contributed by atoms with van der Waals surface area (Å²) in [5.74, 6) is 0. The van der Waals surface area contributed by atoms with Crippen molar-refractivity contribution < 1.29 is 93.3 Å². The standard InChI is InChI=1S/C45H60O19/c1-23-30(48)33(51)39(55-20-25-12-6-3-7-13-25)43(58-23)63-38-36(54)42(57-22-27-16-10-5-11-17-27)61-29(19-47)37(38)62-45-41(35(53)32(50)28(18-46)60-45)64-44-40(34(52)31(49)24(2)59-44)56-21-26-14-8-4-9-15-26/h3-17,23-24,28-54H,18-22H2,1-2H3/t23?,24-,28-,29?,30+,31+,32-,33-,34?,35?,36?,37+,38+,39?,40?,41?,42+,43-,44-,45-/m0/s1. The van der Waals surface area contributed by atoms with E-state index in [0.717, 1.165) is 16.7 Å². The molecule has 19 nitrogen and oxygen atoms in total. The van der Waals surface area contributed by atoms with Gasteiger partial charge in [-0.25, -0.2) is 0 Å². The van der Waals surface area contributed by atoms with E-state index in [1.165, 1.54) is 13.8 Å². The Bertz CT molecular complexity index is 1820. The zero-order valence-electron chi connectivity index (χ0n) is 35.4. The van der Waals surface area contributed by atoms with Crippen LogP contribution >= 0.6 is 0 Å². The molecule has 3 aromatic rings. The molecular weight excluding hydrogens is 844 g/mol. The van der Waals surface area contributed by atoms with Gasteiger partial charge in [0.1, 0.15) is 85.5 Å². The maximum Gasteiger partial charge on any atom is 0.187 e. The molecule has 0 radical (unpaired) electrons. The van der Waals surface area contributed by atoms with E-state index < -0.39 is 136 Å². The molecule has 4 fully saturated rings. The first-order chi connectivity index (χ1) is 30.9. The minimum atomic E-state index is -1.87. The minimum absolute atomic E-state index is 0.0352. The number of hydrogen-bond acceptors (Lipinski definition) is 19. The normalized spacial score (nSPS) is 40.5. The molecule has 20 atom stereocenters. The molecule has 4 saturated heterocycles. The molecule has 3 aromatic carbocycles. The predicted octanol–water partition coefficient (Wildman–Crippen LogP) is -1.02. The van der Waals surface area contributed by atoms with Gasteiger partial charge in [-0.1, -0.05) is 91.0 Å². The first kappa shape index (κ1) is 48.8. The lowest BCUT2D eigenvalue weighted by Gasteiger charge is -2.50. The van der Waals surface area contributed by atoms with Crippen molar-refractivity contribution in [1.82, 2.24) is 0 Å². The Balaban J connectivity index is 1.19. The smallest absolute Gasteiger partial charge is 0.187 e. The van der Waals surface area contributed by atoms with Crippen LogP contribution < -0.4 is 0 Å². The number of aliphatic hydroxyl groups excluding tert-OH is 9. The van der Waals surface area contributed by atoms with Crippen LogP contribution in [0.15, 0.2) is 91.0 Å². The summed E-state index contributed by atoms with van der Waals surface area (Å²) < 4.78 is 61.6. The molecule has 0 bridgehead atoms. The molecule has 64 heavy (non-hydrogen) atoms. The Morgan fingerprint density at radius 3 is 1.20 bits per heavy atom. The number of benzene rings is 3. The fourth-order valence-electron chi connectivity index (χ4n) is 8.14. The maximum absolute atomic E-state index is 12.1. The maximum atomic E-state index is 12.1. The first-order valence-corrected chi connectivity index (χ1v) is 21.4. The van der Waals surface area contributed by atoms with Gasteiger partial charge < -0.3 is 93.3 Å². The fourth-order valence-corrected chi connectivity index (χ4v) is 8.14. The Hall–Kier alpha value is -3.10. The van der Waals surface area contributed by atoms with Gasteiger partial charge in [0.2, 0.25) is 0 Å². The van der Waals surface area contributed by atoms with Gasteiger partial charge >= 0.3 is 0 Å². The van der Waals surface area contributed by atoms with Crippen LogP contribution in [0.25, 0.3) is 0 Å². The van der Waals surface area contributed by atoms with Crippen LogP contribution in [0.3, 0.4) is 0 Å². The second-order valence-corrected chi connectivity index (χ2v) is 16.4. The quantitative estimate of drug-likeness (QED) is 0.0784. The Kier molecular flexibility index (Phi) is 17.2. The summed E-state index contributed by atoms with van der Waals surface area (Å²) in [5, 5.41) is 100. The van der Waals surface area contributed by atoms with E-state index in [9.17, 15) is 46.0 Å². The largest absolute Gasteiger partial charge is 0.394 e. The molecule has 4 aliphatic heterocycles. The van der Waals surface area contributed by atoms with E-state index in [1.807, 2.05) is 18.2 Å². The number of ether oxygens (including phenoxy) is 10. The van der Waals surface area contributed by atoms with Crippen LogP contribution in [-0.2, 0) is 67.2 Å². The monoisotopic (exact) mass is 904 g/mol. The zero-order valence-corrected chi connectivity index (χ0v) is 35.4. The first-order valence-electron chi connectivity index (χ1n) is 21.4. The summed E-state index contributed by atoms with van der Waals surface area (Å²) in [4.78, 5) is 0. The van der Waals surface area contributed by atoms with Crippen molar-refractivity contribution in [3.63, 3.8) is 0 Å². The summed E-state index contributed by atoms with van der Waals surface area (Å²) in [6.45, 7) is 1.31. The summed E-state index contributed by atoms with van der Waals surface area (Å²) >= 11 is 0. The summed E-state index contributed by atoms with van der Waals surface area (Å²) in [7, 11) is 0. The minimum Gasteiger partial charge on any atom is -0.394 e. The van der Waals surface area contributed by atoms with Gasteiger partial charge in [0.05, 0.1) is 45.2 Å². The highest BCUT2D eigenvalue weighted by molar-refractivity contribution is 5.15. The topological polar surface area (TPSA) is 274 Å². The molecule has 9 N–H and O–H groups in total. The van der Waals surface area contributed by atoms with Crippen molar-refractivity contribution in [2.45, 2.75) is 156 Å². The lowest BCUT2D eigenvalue weighted by atomic mass is 9.95. The van der Waals surface area contributed by atoms with Gasteiger partial charge in [0, 0.05) is 0 Å².